The van der Waals surface area contributed by atoms with Crippen LogP contribution in [0.1, 0.15) is 39.5 Å². The molecule has 1 saturated carbocycles. The first kappa shape index (κ1) is 12.6. The van der Waals surface area contributed by atoms with Crippen LogP contribution in [-0.2, 0) is 0 Å². The molecule has 3 N–H and O–H groups in total. The fourth-order valence-electron chi connectivity index (χ4n) is 2.61. The first-order chi connectivity index (χ1) is 8.00. The van der Waals surface area contributed by atoms with Crippen molar-refractivity contribution in [2.75, 3.05) is 11.1 Å². The van der Waals surface area contributed by atoms with Gasteiger partial charge in [-0.05, 0) is 30.4 Å². The average Bonchev–Trinajstić information content (AvgIpc) is 2.27. The summed E-state index contributed by atoms with van der Waals surface area (Å²) in [6.45, 7) is 4.65. The van der Waals surface area contributed by atoms with Gasteiger partial charge in [-0.15, -0.1) is 0 Å². The standard InChI is InChI=1S/C14H21ClN2/c1-14(2)9-4-3-8-12(14)17-11-7-5-6-10(15)13(11)16/h5-7,12,17H,3-4,8-9,16H2,1-2H3. The summed E-state index contributed by atoms with van der Waals surface area (Å²) in [7, 11) is 0. The molecule has 1 aliphatic carbocycles. The second-order valence-corrected chi connectivity index (χ2v) is 6.04. The van der Waals surface area contributed by atoms with Crippen LogP contribution in [0.5, 0.6) is 0 Å². The smallest absolute Gasteiger partial charge is 0.0739 e. The molecule has 0 aliphatic heterocycles. The Morgan fingerprint density at radius 1 is 1.35 bits per heavy atom. The van der Waals surface area contributed by atoms with Gasteiger partial charge in [0, 0.05) is 6.04 Å². The predicted octanol–water partition coefficient (Wildman–Crippen LogP) is 4.30. The molecule has 1 aromatic carbocycles. The Kier molecular flexibility index (Phi) is 3.53. The number of halogens is 1. The van der Waals surface area contributed by atoms with Crippen LogP contribution in [0, 0.1) is 5.41 Å². The molecule has 2 nitrogen and oxygen atoms in total. The van der Waals surface area contributed by atoms with Crippen molar-refractivity contribution >= 4 is 23.0 Å². The Labute approximate surface area is 109 Å². The van der Waals surface area contributed by atoms with Gasteiger partial charge in [-0.25, -0.2) is 0 Å². The number of nitrogens with two attached hydrogens (primary N) is 1. The molecule has 0 amide bonds. The lowest BCUT2D eigenvalue weighted by atomic mass is 9.73. The fraction of sp³-hybridized carbons (Fsp3) is 0.571. The van der Waals surface area contributed by atoms with E-state index in [9.17, 15) is 0 Å². The maximum absolute atomic E-state index is 6.04. The SMILES string of the molecule is CC1(C)CCCCC1Nc1cccc(Cl)c1N. The van der Waals surface area contributed by atoms with E-state index in [2.05, 4.69) is 19.2 Å². The summed E-state index contributed by atoms with van der Waals surface area (Å²) < 4.78 is 0. The van der Waals surface area contributed by atoms with E-state index in [1.165, 1.54) is 25.7 Å². The Balaban J connectivity index is 2.17. The van der Waals surface area contributed by atoms with Crippen LogP contribution in [0.4, 0.5) is 11.4 Å². The van der Waals surface area contributed by atoms with E-state index in [1.807, 2.05) is 18.2 Å². The Morgan fingerprint density at radius 2 is 2.12 bits per heavy atom. The van der Waals surface area contributed by atoms with E-state index >= 15 is 0 Å². The molecule has 2 rings (SSSR count). The van der Waals surface area contributed by atoms with E-state index in [-0.39, 0.29) is 0 Å². The highest BCUT2D eigenvalue weighted by Gasteiger charge is 2.32. The minimum atomic E-state index is 0.326. The molecule has 94 valence electrons. The summed E-state index contributed by atoms with van der Waals surface area (Å²) in [6, 6.07) is 6.26. The van der Waals surface area contributed by atoms with Crippen molar-refractivity contribution in [2.45, 2.75) is 45.6 Å². The zero-order valence-corrected chi connectivity index (χ0v) is 11.3. The normalized spacial score (nSPS) is 23.4. The third-order valence-electron chi connectivity index (χ3n) is 3.89. The Morgan fingerprint density at radius 3 is 2.82 bits per heavy atom. The molecule has 0 saturated heterocycles. The van der Waals surface area contributed by atoms with Crippen LogP contribution in [-0.4, -0.2) is 6.04 Å². The molecule has 1 aromatic rings. The van der Waals surface area contributed by atoms with Gasteiger partial charge in [-0.2, -0.15) is 0 Å². The van der Waals surface area contributed by atoms with Gasteiger partial charge in [-0.1, -0.05) is 44.4 Å². The number of nitrogens with one attached hydrogen (secondary N) is 1. The molecule has 0 radical (unpaired) electrons. The quantitative estimate of drug-likeness (QED) is 0.770. The minimum Gasteiger partial charge on any atom is -0.396 e. The largest absolute Gasteiger partial charge is 0.396 e. The van der Waals surface area contributed by atoms with E-state index in [4.69, 9.17) is 17.3 Å². The molecule has 1 fully saturated rings. The highest BCUT2D eigenvalue weighted by Crippen LogP contribution is 2.38. The number of hydrogen-bond donors (Lipinski definition) is 2. The summed E-state index contributed by atoms with van der Waals surface area (Å²) in [5.41, 5.74) is 7.95. The van der Waals surface area contributed by atoms with Crippen LogP contribution in [0.25, 0.3) is 0 Å². The van der Waals surface area contributed by atoms with Crippen molar-refractivity contribution in [3.8, 4) is 0 Å². The van der Waals surface area contributed by atoms with Crippen molar-refractivity contribution < 1.29 is 0 Å². The van der Waals surface area contributed by atoms with Gasteiger partial charge in [-0.3, -0.25) is 0 Å². The van der Waals surface area contributed by atoms with Crippen LogP contribution in [0.2, 0.25) is 5.02 Å². The zero-order chi connectivity index (χ0) is 12.5. The maximum Gasteiger partial charge on any atom is 0.0739 e. The lowest BCUT2D eigenvalue weighted by Gasteiger charge is -2.39. The first-order valence-corrected chi connectivity index (χ1v) is 6.69. The van der Waals surface area contributed by atoms with Gasteiger partial charge >= 0.3 is 0 Å². The highest BCUT2D eigenvalue weighted by molar-refractivity contribution is 6.33. The topological polar surface area (TPSA) is 38.0 Å². The van der Waals surface area contributed by atoms with Gasteiger partial charge < -0.3 is 11.1 Å². The summed E-state index contributed by atoms with van der Waals surface area (Å²) >= 11 is 6.04. The van der Waals surface area contributed by atoms with Crippen molar-refractivity contribution in [2.24, 2.45) is 5.41 Å². The van der Waals surface area contributed by atoms with Crippen molar-refractivity contribution in [3.63, 3.8) is 0 Å². The van der Waals surface area contributed by atoms with E-state index < -0.39 is 0 Å². The lowest BCUT2D eigenvalue weighted by molar-refractivity contribution is 0.217. The minimum absolute atomic E-state index is 0.326. The van der Waals surface area contributed by atoms with Crippen molar-refractivity contribution in [1.82, 2.24) is 0 Å². The fourth-order valence-corrected chi connectivity index (χ4v) is 2.79. The second-order valence-electron chi connectivity index (χ2n) is 5.63. The Bertz CT molecular complexity index is 401. The number of nitrogen functional groups attached to an aromatic ring is 1. The molecule has 0 aromatic heterocycles. The molecule has 17 heavy (non-hydrogen) atoms. The van der Waals surface area contributed by atoms with Crippen LogP contribution < -0.4 is 11.1 Å². The van der Waals surface area contributed by atoms with Crippen molar-refractivity contribution in [1.29, 1.82) is 0 Å². The van der Waals surface area contributed by atoms with E-state index in [0.29, 0.717) is 22.2 Å². The molecule has 1 atom stereocenters. The van der Waals surface area contributed by atoms with Gasteiger partial charge in [0.2, 0.25) is 0 Å². The van der Waals surface area contributed by atoms with Crippen LogP contribution >= 0.6 is 11.6 Å². The number of benzene rings is 1. The van der Waals surface area contributed by atoms with Crippen LogP contribution in [0.15, 0.2) is 18.2 Å². The predicted molar refractivity (Wildman–Crippen MR) is 75.5 cm³/mol. The van der Waals surface area contributed by atoms with Gasteiger partial charge in [0.05, 0.1) is 16.4 Å². The molecule has 1 unspecified atom stereocenters. The molecular formula is C14H21ClN2. The average molecular weight is 253 g/mol. The van der Waals surface area contributed by atoms with E-state index in [1.54, 1.807) is 0 Å². The molecule has 0 spiro atoms. The summed E-state index contributed by atoms with van der Waals surface area (Å²) in [4.78, 5) is 0. The third kappa shape index (κ3) is 2.68. The van der Waals surface area contributed by atoms with Crippen molar-refractivity contribution in [3.05, 3.63) is 23.2 Å². The van der Waals surface area contributed by atoms with Gasteiger partial charge in [0.25, 0.3) is 0 Å². The number of para-hydroxylation sites is 1. The van der Waals surface area contributed by atoms with Gasteiger partial charge in [0.15, 0.2) is 0 Å². The first-order valence-electron chi connectivity index (χ1n) is 6.31. The third-order valence-corrected chi connectivity index (χ3v) is 4.22. The number of anilines is 2. The maximum atomic E-state index is 6.04. The molecular weight excluding hydrogens is 232 g/mol. The van der Waals surface area contributed by atoms with Crippen LogP contribution in [0.3, 0.4) is 0 Å². The molecule has 0 bridgehead atoms. The molecule has 3 heteroatoms. The second kappa shape index (κ2) is 4.77. The monoisotopic (exact) mass is 252 g/mol. The zero-order valence-electron chi connectivity index (χ0n) is 10.6. The Hall–Kier alpha value is -0.890. The summed E-state index contributed by atoms with van der Waals surface area (Å²) in [5, 5.41) is 4.20. The summed E-state index contributed by atoms with van der Waals surface area (Å²) in [6.07, 6.45) is 5.10. The molecule has 0 heterocycles. The molecule has 1 aliphatic rings. The van der Waals surface area contributed by atoms with Gasteiger partial charge in [0.1, 0.15) is 0 Å². The highest BCUT2D eigenvalue weighted by atomic mass is 35.5. The number of rotatable bonds is 2. The lowest BCUT2D eigenvalue weighted by Crippen LogP contribution is -2.39. The number of hydrogen-bond acceptors (Lipinski definition) is 2. The summed E-state index contributed by atoms with van der Waals surface area (Å²) in [5.74, 6) is 0. The van der Waals surface area contributed by atoms with E-state index in [0.717, 1.165) is 5.69 Å².